The fourth-order valence-electron chi connectivity index (χ4n) is 5.61. The van der Waals surface area contributed by atoms with E-state index in [0.29, 0.717) is 23.9 Å². The van der Waals surface area contributed by atoms with Crippen LogP contribution in [-0.4, -0.2) is 60.6 Å². The Hall–Kier alpha value is -1.95. The van der Waals surface area contributed by atoms with Gasteiger partial charge in [-0.2, -0.15) is 0 Å². The van der Waals surface area contributed by atoms with Crippen molar-refractivity contribution >= 4 is 17.4 Å². The Balaban J connectivity index is 1.61. The number of anilines is 2. The van der Waals surface area contributed by atoms with E-state index in [4.69, 9.17) is 5.73 Å². The number of likely N-dealkylation sites (tertiary alicyclic amines) is 1. The van der Waals surface area contributed by atoms with Gasteiger partial charge in [0.2, 0.25) is 0 Å². The Bertz CT molecular complexity index is 732. The minimum absolute atomic E-state index is 0.0543. The van der Waals surface area contributed by atoms with Gasteiger partial charge in [-0.05, 0) is 63.9 Å². The average molecular weight is 372 g/mol. The molecule has 3 aliphatic rings. The van der Waals surface area contributed by atoms with Gasteiger partial charge >= 0.3 is 6.03 Å². The average Bonchev–Trinajstić information content (AvgIpc) is 2.93. The molecule has 27 heavy (non-hydrogen) atoms. The summed E-state index contributed by atoms with van der Waals surface area (Å²) in [6, 6.07) is 5.46. The van der Waals surface area contributed by atoms with Crippen molar-refractivity contribution in [3.05, 3.63) is 23.3 Å². The van der Waals surface area contributed by atoms with Crippen molar-refractivity contribution in [1.29, 1.82) is 0 Å². The summed E-state index contributed by atoms with van der Waals surface area (Å²) in [5.74, 6) is 0.979. The van der Waals surface area contributed by atoms with Crippen LogP contribution >= 0.6 is 0 Å². The summed E-state index contributed by atoms with van der Waals surface area (Å²) >= 11 is 0. The van der Waals surface area contributed by atoms with E-state index in [1.165, 1.54) is 23.2 Å². The topological polar surface area (TPSA) is 73.6 Å². The number of hydrogen-bond donors (Lipinski definition) is 3. The summed E-state index contributed by atoms with van der Waals surface area (Å²) in [4.78, 5) is 16.9. The van der Waals surface area contributed by atoms with Crippen LogP contribution in [0, 0.1) is 0 Å². The van der Waals surface area contributed by atoms with E-state index in [9.17, 15) is 4.79 Å². The number of likely N-dealkylation sites (N-methyl/N-ethyl adjacent to an activating group) is 1. The molecule has 4 N–H and O–H groups in total. The van der Waals surface area contributed by atoms with E-state index in [-0.39, 0.29) is 12.1 Å². The maximum atomic E-state index is 12.6. The molecule has 1 fully saturated rings. The first-order valence-corrected chi connectivity index (χ1v) is 10.4. The Morgan fingerprint density at radius 1 is 1.30 bits per heavy atom. The largest absolute Gasteiger partial charge is 0.399 e. The molecule has 1 aromatic carbocycles. The Morgan fingerprint density at radius 2 is 2.04 bits per heavy atom. The molecular formula is C21H33N5O. The molecule has 2 amide bonds. The van der Waals surface area contributed by atoms with Crippen LogP contribution < -0.4 is 16.4 Å². The zero-order chi connectivity index (χ0) is 19.3. The second kappa shape index (κ2) is 6.89. The van der Waals surface area contributed by atoms with Crippen LogP contribution in [-0.2, 0) is 0 Å². The predicted molar refractivity (Wildman–Crippen MR) is 110 cm³/mol. The van der Waals surface area contributed by atoms with E-state index in [1.807, 2.05) is 18.7 Å². The number of carbonyl (C=O) groups excluding carboxylic acids is 1. The van der Waals surface area contributed by atoms with Gasteiger partial charge in [-0.1, -0.05) is 0 Å². The van der Waals surface area contributed by atoms with Crippen molar-refractivity contribution in [3.63, 3.8) is 0 Å². The SMILES string of the molecule is CCN(CC)C(=O)N[C@H]1C[C@@H]2c3cc(N)cc4c3[C@H](C[C@H]2N(C)C1)C(C)N4. The molecule has 6 heteroatoms. The summed E-state index contributed by atoms with van der Waals surface area (Å²) in [6.07, 6.45) is 2.16. The molecule has 148 valence electrons. The highest BCUT2D eigenvalue weighted by Gasteiger charge is 2.46. The van der Waals surface area contributed by atoms with Crippen LogP contribution in [0.1, 0.15) is 56.6 Å². The van der Waals surface area contributed by atoms with Gasteiger partial charge in [-0.3, -0.25) is 0 Å². The summed E-state index contributed by atoms with van der Waals surface area (Å²) in [6.45, 7) is 8.72. The summed E-state index contributed by atoms with van der Waals surface area (Å²) in [5, 5.41) is 6.92. The molecular weight excluding hydrogens is 338 g/mol. The van der Waals surface area contributed by atoms with E-state index in [2.05, 4.69) is 41.6 Å². The standard InChI is InChI=1S/C21H33N5O/c1-5-26(6-2)21(27)24-14-9-16-17-7-13(22)8-18-20(17)15(12(3)23-18)10-19(16)25(4)11-14/h7-8,12,14-16,19,23H,5-6,9-11,22H2,1-4H3,(H,24,27)/t12?,14-,15+,16+,19+/m0/s1. The molecule has 2 heterocycles. The lowest BCUT2D eigenvalue weighted by Crippen LogP contribution is -2.56. The highest BCUT2D eigenvalue weighted by Crippen LogP contribution is 2.52. The smallest absolute Gasteiger partial charge is 0.317 e. The number of piperidine rings is 1. The number of nitrogen functional groups attached to an aromatic ring is 1. The molecule has 0 aromatic heterocycles. The first-order chi connectivity index (χ1) is 12.9. The van der Waals surface area contributed by atoms with Crippen molar-refractivity contribution < 1.29 is 4.79 Å². The molecule has 0 bridgehead atoms. The Labute approximate surface area is 162 Å². The van der Waals surface area contributed by atoms with Gasteiger partial charge in [-0.15, -0.1) is 0 Å². The van der Waals surface area contributed by atoms with Gasteiger partial charge in [0.1, 0.15) is 0 Å². The van der Waals surface area contributed by atoms with Crippen LogP contribution in [0.4, 0.5) is 16.2 Å². The number of nitrogens with zero attached hydrogens (tertiary/aromatic N) is 2. The maximum Gasteiger partial charge on any atom is 0.317 e. The van der Waals surface area contributed by atoms with E-state index in [1.54, 1.807) is 0 Å². The zero-order valence-electron chi connectivity index (χ0n) is 17.0. The van der Waals surface area contributed by atoms with Gasteiger partial charge in [0.25, 0.3) is 0 Å². The van der Waals surface area contributed by atoms with Crippen molar-refractivity contribution in [2.45, 2.75) is 63.6 Å². The zero-order valence-corrected chi connectivity index (χ0v) is 17.0. The normalized spacial score (nSPS) is 31.6. The van der Waals surface area contributed by atoms with Crippen LogP contribution in [0.2, 0.25) is 0 Å². The Morgan fingerprint density at radius 3 is 2.74 bits per heavy atom. The van der Waals surface area contributed by atoms with E-state index < -0.39 is 0 Å². The number of nitrogens with one attached hydrogen (secondary N) is 2. The first kappa shape index (κ1) is 18.4. The maximum absolute atomic E-state index is 12.6. The molecule has 1 aliphatic carbocycles. The van der Waals surface area contributed by atoms with Crippen LogP contribution in [0.15, 0.2) is 12.1 Å². The minimum atomic E-state index is 0.0543. The van der Waals surface area contributed by atoms with Crippen molar-refractivity contribution in [2.24, 2.45) is 0 Å². The summed E-state index contributed by atoms with van der Waals surface area (Å²) in [7, 11) is 2.21. The lowest BCUT2D eigenvalue weighted by Gasteiger charge is -2.48. The predicted octanol–water partition coefficient (Wildman–Crippen LogP) is 2.78. The molecule has 2 aliphatic heterocycles. The summed E-state index contributed by atoms with van der Waals surface area (Å²) in [5.41, 5.74) is 11.2. The van der Waals surface area contributed by atoms with Crippen molar-refractivity contribution in [1.82, 2.24) is 15.1 Å². The fourth-order valence-corrected chi connectivity index (χ4v) is 5.61. The number of hydrogen-bond acceptors (Lipinski definition) is 4. The third-order valence-electron chi connectivity index (χ3n) is 6.94. The quantitative estimate of drug-likeness (QED) is 0.715. The molecule has 5 atom stereocenters. The van der Waals surface area contributed by atoms with Gasteiger partial charge in [-0.25, -0.2) is 4.79 Å². The fraction of sp³-hybridized carbons (Fsp3) is 0.667. The van der Waals surface area contributed by atoms with E-state index in [0.717, 1.165) is 31.7 Å². The second-order valence-electron chi connectivity index (χ2n) is 8.51. The molecule has 0 radical (unpaired) electrons. The molecule has 6 nitrogen and oxygen atoms in total. The van der Waals surface area contributed by atoms with E-state index >= 15 is 0 Å². The Kier molecular flexibility index (Phi) is 4.70. The molecule has 0 spiro atoms. The summed E-state index contributed by atoms with van der Waals surface area (Å²) < 4.78 is 0. The van der Waals surface area contributed by atoms with Gasteiger partial charge < -0.3 is 26.2 Å². The number of carbonyl (C=O) groups is 1. The van der Waals surface area contributed by atoms with Gasteiger partial charge in [0, 0.05) is 61.0 Å². The van der Waals surface area contributed by atoms with Crippen molar-refractivity contribution in [3.8, 4) is 0 Å². The lowest BCUT2D eigenvalue weighted by atomic mass is 9.68. The van der Waals surface area contributed by atoms with Gasteiger partial charge in [0.05, 0.1) is 0 Å². The number of benzene rings is 1. The monoisotopic (exact) mass is 371 g/mol. The number of urea groups is 1. The van der Waals surface area contributed by atoms with Crippen molar-refractivity contribution in [2.75, 3.05) is 37.7 Å². The number of amides is 2. The molecule has 1 unspecified atom stereocenters. The van der Waals surface area contributed by atoms with Crippen LogP contribution in [0.25, 0.3) is 0 Å². The third kappa shape index (κ3) is 3.04. The first-order valence-electron chi connectivity index (χ1n) is 10.4. The molecule has 4 rings (SSSR count). The number of fused-ring (bicyclic) bond motifs is 2. The second-order valence-corrected chi connectivity index (χ2v) is 8.51. The van der Waals surface area contributed by atoms with Crippen LogP contribution in [0.5, 0.6) is 0 Å². The minimum Gasteiger partial charge on any atom is -0.399 e. The van der Waals surface area contributed by atoms with Gasteiger partial charge in [0.15, 0.2) is 0 Å². The van der Waals surface area contributed by atoms with Crippen LogP contribution in [0.3, 0.4) is 0 Å². The highest BCUT2D eigenvalue weighted by atomic mass is 16.2. The lowest BCUT2D eigenvalue weighted by molar-refractivity contribution is 0.106. The third-order valence-corrected chi connectivity index (χ3v) is 6.94. The molecule has 1 aromatic rings. The molecule has 0 saturated carbocycles. The molecule has 1 saturated heterocycles. The highest BCUT2D eigenvalue weighted by molar-refractivity contribution is 5.74. The number of rotatable bonds is 3. The number of nitrogens with two attached hydrogens (primary N) is 1.